The molecule has 0 saturated carbocycles. The first-order chi connectivity index (χ1) is 19.9. The molecule has 0 aliphatic carbocycles. The van der Waals surface area contributed by atoms with E-state index in [2.05, 4.69) is 4.90 Å². The highest BCUT2D eigenvalue weighted by molar-refractivity contribution is 6.04. The Hall–Kier alpha value is -4.10. The summed E-state index contributed by atoms with van der Waals surface area (Å²) in [6.07, 6.45) is 4.18. The van der Waals surface area contributed by atoms with Crippen LogP contribution in [0.15, 0.2) is 78.9 Å². The Morgan fingerprint density at radius 1 is 0.951 bits per heavy atom. The number of carbonyl (C=O) groups excluding carboxylic acids is 2. The van der Waals surface area contributed by atoms with Gasteiger partial charge in [0, 0.05) is 36.1 Å². The molecule has 0 bridgehead atoms. The molecule has 214 valence electrons. The maximum absolute atomic E-state index is 14.6. The molecule has 7 heteroatoms. The molecule has 0 spiro atoms. The second kappa shape index (κ2) is 11.8. The fourth-order valence-corrected chi connectivity index (χ4v) is 6.76. The van der Waals surface area contributed by atoms with Crippen LogP contribution in [0.2, 0.25) is 0 Å². The van der Waals surface area contributed by atoms with Gasteiger partial charge in [0.1, 0.15) is 5.75 Å². The molecule has 0 amide bonds. The van der Waals surface area contributed by atoms with Crippen LogP contribution in [0.4, 0.5) is 0 Å². The van der Waals surface area contributed by atoms with Gasteiger partial charge < -0.3 is 18.9 Å². The maximum Gasteiger partial charge on any atom is 0.330 e. The van der Waals surface area contributed by atoms with Gasteiger partial charge in [0.2, 0.25) is 0 Å². The zero-order chi connectivity index (χ0) is 29.1. The quantitative estimate of drug-likeness (QED) is 0.188. The number of carbonyl (C=O) groups is 2. The first-order valence-electron chi connectivity index (χ1n) is 14.0. The van der Waals surface area contributed by atoms with Crippen molar-refractivity contribution >= 4 is 11.8 Å². The number of benzene rings is 3. The van der Waals surface area contributed by atoms with Crippen molar-refractivity contribution in [3.8, 4) is 17.2 Å². The Morgan fingerprint density at radius 2 is 1.63 bits per heavy atom. The van der Waals surface area contributed by atoms with Crippen LogP contribution in [0.25, 0.3) is 0 Å². The van der Waals surface area contributed by atoms with Gasteiger partial charge in [-0.2, -0.15) is 0 Å². The number of ether oxygens (including phenoxy) is 4. The summed E-state index contributed by atoms with van der Waals surface area (Å²) in [6, 6.07) is 21.2. The highest BCUT2D eigenvalue weighted by Crippen LogP contribution is 2.59. The average molecular weight is 556 g/mol. The first kappa shape index (κ1) is 28.4. The Morgan fingerprint density at radius 3 is 2.27 bits per heavy atom. The van der Waals surface area contributed by atoms with Crippen LogP contribution in [0.5, 0.6) is 17.2 Å². The van der Waals surface area contributed by atoms with E-state index in [4.69, 9.17) is 18.9 Å². The number of esters is 1. The van der Waals surface area contributed by atoms with Crippen molar-refractivity contribution in [3.63, 3.8) is 0 Å². The largest absolute Gasteiger partial charge is 0.497 e. The molecule has 0 aromatic heterocycles. The smallest absolute Gasteiger partial charge is 0.330 e. The van der Waals surface area contributed by atoms with Crippen molar-refractivity contribution in [2.45, 2.75) is 37.8 Å². The standard InChI is InChI=1S/C34H37NO6/c1-6-41-30(36)17-16-26-31(22-12-14-25(38-3)15-13-22)34(2,33(37)23-10-8-7-9-11-23)35-19-18-24-20-28(39-4)29(40-5)21-27(24)32(26)35/h7-17,20-21,26,31-32H,6,18-19H2,1-5H3/b17-16+/t26-,31-,32-,34-/m1/s1. The van der Waals surface area contributed by atoms with Crippen molar-refractivity contribution in [3.05, 3.63) is 101 Å². The normalized spacial score (nSPS) is 23.5. The van der Waals surface area contributed by atoms with E-state index in [-0.39, 0.29) is 30.3 Å². The lowest BCUT2D eigenvalue weighted by Crippen LogP contribution is -2.53. The van der Waals surface area contributed by atoms with Crippen LogP contribution in [-0.2, 0) is 16.0 Å². The highest BCUT2D eigenvalue weighted by atomic mass is 16.5. The molecule has 2 heterocycles. The summed E-state index contributed by atoms with van der Waals surface area (Å²) in [6.45, 7) is 4.79. The molecule has 1 saturated heterocycles. The fraction of sp³-hybridized carbons (Fsp3) is 0.353. The predicted octanol–water partition coefficient (Wildman–Crippen LogP) is 5.79. The van der Waals surface area contributed by atoms with Crippen molar-refractivity contribution in [2.24, 2.45) is 5.92 Å². The predicted molar refractivity (Wildman–Crippen MR) is 157 cm³/mol. The number of methoxy groups -OCH3 is 3. The molecule has 2 aliphatic rings. The van der Waals surface area contributed by atoms with E-state index < -0.39 is 11.5 Å². The number of rotatable bonds is 9. The zero-order valence-corrected chi connectivity index (χ0v) is 24.3. The molecule has 0 radical (unpaired) electrons. The summed E-state index contributed by atoms with van der Waals surface area (Å²) in [5, 5.41) is 0. The van der Waals surface area contributed by atoms with E-state index in [1.54, 1.807) is 28.3 Å². The van der Waals surface area contributed by atoms with Crippen LogP contribution in [-0.4, -0.2) is 56.7 Å². The minimum Gasteiger partial charge on any atom is -0.497 e. The van der Waals surface area contributed by atoms with Gasteiger partial charge in [0.25, 0.3) is 0 Å². The monoisotopic (exact) mass is 555 g/mol. The summed E-state index contributed by atoms with van der Waals surface area (Å²) < 4.78 is 22.0. The summed E-state index contributed by atoms with van der Waals surface area (Å²) in [7, 11) is 4.90. The number of Topliss-reactive ketones (excluding diaryl/α,β-unsaturated/α-hetero) is 1. The van der Waals surface area contributed by atoms with E-state index in [0.29, 0.717) is 23.6 Å². The topological polar surface area (TPSA) is 74.3 Å². The molecule has 0 unspecified atom stereocenters. The summed E-state index contributed by atoms with van der Waals surface area (Å²) in [5.41, 5.74) is 2.93. The van der Waals surface area contributed by atoms with Crippen LogP contribution < -0.4 is 14.2 Å². The molecule has 4 atom stereocenters. The van der Waals surface area contributed by atoms with Crippen LogP contribution in [0.3, 0.4) is 0 Å². The molecule has 0 N–H and O–H groups in total. The molecular weight excluding hydrogens is 518 g/mol. The number of ketones is 1. The number of nitrogens with zero attached hydrogens (tertiary/aromatic N) is 1. The maximum atomic E-state index is 14.6. The van der Waals surface area contributed by atoms with E-state index in [1.807, 2.05) is 79.7 Å². The first-order valence-corrected chi connectivity index (χ1v) is 14.0. The van der Waals surface area contributed by atoms with Crippen molar-refractivity contribution in [1.82, 2.24) is 4.90 Å². The Kier molecular flexibility index (Phi) is 8.18. The summed E-state index contributed by atoms with van der Waals surface area (Å²) in [5.74, 6) is 1.16. The molecule has 2 aliphatic heterocycles. The van der Waals surface area contributed by atoms with Crippen molar-refractivity contribution < 1.29 is 28.5 Å². The molecule has 7 nitrogen and oxygen atoms in total. The molecule has 1 fully saturated rings. The lowest BCUT2D eigenvalue weighted by atomic mass is 9.71. The van der Waals surface area contributed by atoms with Crippen LogP contribution >= 0.6 is 0 Å². The average Bonchev–Trinajstić information content (AvgIpc) is 3.28. The van der Waals surface area contributed by atoms with E-state index >= 15 is 0 Å². The Bertz CT molecular complexity index is 1430. The minimum absolute atomic E-state index is 0.0416. The van der Waals surface area contributed by atoms with Gasteiger partial charge in [-0.25, -0.2) is 4.79 Å². The Balaban J connectivity index is 1.75. The van der Waals surface area contributed by atoms with Crippen LogP contribution in [0.1, 0.15) is 52.9 Å². The Labute approximate surface area is 241 Å². The molecule has 3 aromatic carbocycles. The molecule has 41 heavy (non-hydrogen) atoms. The van der Waals surface area contributed by atoms with E-state index in [0.717, 1.165) is 28.9 Å². The SMILES string of the molecule is CCOC(=O)/C=C/[C@@H]1[C@@H](c2ccc(OC)cc2)[C@](C)(C(=O)c2ccccc2)N2CCc3cc(OC)c(OC)cc3[C@@H]12. The van der Waals surface area contributed by atoms with Crippen LogP contribution in [0, 0.1) is 5.92 Å². The molecule has 3 aromatic rings. The minimum atomic E-state index is -0.921. The second-order valence-electron chi connectivity index (χ2n) is 10.6. The van der Waals surface area contributed by atoms with E-state index in [1.165, 1.54) is 6.08 Å². The summed E-state index contributed by atoms with van der Waals surface area (Å²) >= 11 is 0. The van der Waals surface area contributed by atoms with Gasteiger partial charge in [0.15, 0.2) is 17.3 Å². The summed E-state index contributed by atoms with van der Waals surface area (Å²) in [4.78, 5) is 29.5. The number of fused-ring (bicyclic) bond motifs is 3. The second-order valence-corrected chi connectivity index (χ2v) is 10.6. The lowest BCUT2D eigenvalue weighted by Gasteiger charge is -2.43. The lowest BCUT2D eigenvalue weighted by molar-refractivity contribution is -0.137. The molecular formula is C34H37NO6. The third kappa shape index (κ3) is 4.99. The number of hydrogen-bond donors (Lipinski definition) is 0. The van der Waals surface area contributed by atoms with Gasteiger partial charge >= 0.3 is 5.97 Å². The molecule has 5 rings (SSSR count). The van der Waals surface area contributed by atoms with Crippen molar-refractivity contribution in [1.29, 1.82) is 0 Å². The van der Waals surface area contributed by atoms with Gasteiger partial charge in [-0.05, 0) is 61.2 Å². The highest BCUT2D eigenvalue weighted by Gasteiger charge is 2.61. The third-order valence-electron chi connectivity index (χ3n) is 8.59. The fourth-order valence-electron chi connectivity index (χ4n) is 6.76. The van der Waals surface area contributed by atoms with Crippen molar-refractivity contribution in [2.75, 3.05) is 34.5 Å². The van der Waals surface area contributed by atoms with Gasteiger partial charge in [-0.1, -0.05) is 48.5 Å². The van der Waals surface area contributed by atoms with E-state index in [9.17, 15) is 9.59 Å². The zero-order valence-electron chi connectivity index (χ0n) is 24.3. The number of hydrogen-bond acceptors (Lipinski definition) is 7. The van der Waals surface area contributed by atoms with Gasteiger partial charge in [0.05, 0.1) is 33.5 Å². The third-order valence-corrected chi connectivity index (χ3v) is 8.59. The van der Waals surface area contributed by atoms with Gasteiger partial charge in [-0.3, -0.25) is 9.69 Å². The van der Waals surface area contributed by atoms with Gasteiger partial charge in [-0.15, -0.1) is 0 Å².